The molecule has 3 N–H and O–H groups in total. The number of anilines is 1. The molecule has 1 aliphatic rings. The van der Waals surface area contributed by atoms with Gasteiger partial charge in [-0.15, -0.1) is 24.0 Å². The number of aliphatic imine (C=N–C) groups is 1. The molecule has 0 aliphatic carbocycles. The predicted octanol–water partition coefficient (Wildman–Crippen LogP) is 3.77. The lowest BCUT2D eigenvalue weighted by atomic mass is 10.1. The van der Waals surface area contributed by atoms with Crippen molar-refractivity contribution in [2.24, 2.45) is 16.6 Å². The fraction of sp³-hybridized carbons (Fsp3) is 0.611. The van der Waals surface area contributed by atoms with Crippen LogP contribution in [0.15, 0.2) is 23.2 Å². The van der Waals surface area contributed by atoms with Crippen LogP contribution in [0.2, 0.25) is 0 Å². The van der Waals surface area contributed by atoms with Gasteiger partial charge < -0.3 is 11.1 Å². The van der Waals surface area contributed by atoms with Crippen molar-refractivity contribution in [2.45, 2.75) is 46.6 Å². The Hall–Kier alpha value is -0.820. The van der Waals surface area contributed by atoms with E-state index in [1.807, 2.05) is 0 Å². The molecule has 1 aliphatic heterocycles. The number of rotatable bonds is 5. The van der Waals surface area contributed by atoms with Crippen molar-refractivity contribution in [1.29, 1.82) is 0 Å². The van der Waals surface area contributed by atoms with Crippen molar-refractivity contribution in [3.8, 4) is 0 Å². The van der Waals surface area contributed by atoms with Crippen LogP contribution in [-0.2, 0) is 0 Å². The van der Waals surface area contributed by atoms with Crippen molar-refractivity contribution < 1.29 is 0 Å². The van der Waals surface area contributed by atoms with E-state index in [2.05, 4.69) is 61.1 Å². The van der Waals surface area contributed by atoms with Gasteiger partial charge in [-0.05, 0) is 62.4 Å². The summed E-state index contributed by atoms with van der Waals surface area (Å²) in [5.41, 5.74) is 9.53. The number of likely N-dealkylation sites (tertiary alicyclic amines) is 1. The number of aryl methyl sites for hydroxylation is 2. The zero-order valence-electron chi connectivity index (χ0n) is 14.8. The lowest BCUT2D eigenvalue weighted by Crippen LogP contribution is -2.35. The minimum atomic E-state index is 0. The summed E-state index contributed by atoms with van der Waals surface area (Å²) in [6, 6.07) is 6.88. The third-order valence-corrected chi connectivity index (χ3v) is 4.07. The lowest BCUT2D eigenvalue weighted by Gasteiger charge is -2.25. The quantitative estimate of drug-likeness (QED) is 0.425. The van der Waals surface area contributed by atoms with Crippen LogP contribution in [-0.4, -0.2) is 36.5 Å². The molecule has 5 heteroatoms. The summed E-state index contributed by atoms with van der Waals surface area (Å²) in [6.45, 7) is 11.9. The second-order valence-corrected chi connectivity index (χ2v) is 6.91. The maximum Gasteiger partial charge on any atom is 0.193 e. The number of nitrogens with one attached hydrogen (secondary N) is 1. The summed E-state index contributed by atoms with van der Waals surface area (Å²) in [4.78, 5) is 7.11. The Bertz CT molecular complexity index is 508. The second kappa shape index (κ2) is 9.47. The third-order valence-electron chi connectivity index (χ3n) is 4.07. The molecule has 1 saturated heterocycles. The molecule has 130 valence electrons. The van der Waals surface area contributed by atoms with E-state index in [1.165, 1.54) is 30.5 Å². The van der Waals surface area contributed by atoms with Gasteiger partial charge in [-0.1, -0.05) is 19.9 Å². The van der Waals surface area contributed by atoms with E-state index < -0.39 is 0 Å². The topological polar surface area (TPSA) is 53.6 Å². The van der Waals surface area contributed by atoms with E-state index in [-0.39, 0.29) is 24.0 Å². The molecule has 1 aromatic rings. The van der Waals surface area contributed by atoms with Crippen molar-refractivity contribution in [1.82, 2.24) is 4.90 Å². The Morgan fingerprint density at radius 2 is 1.96 bits per heavy atom. The Labute approximate surface area is 157 Å². The summed E-state index contributed by atoms with van der Waals surface area (Å²) >= 11 is 0. The highest BCUT2D eigenvalue weighted by molar-refractivity contribution is 14.0. The number of nitrogens with two attached hydrogens (primary N) is 1. The number of hydrogen-bond acceptors (Lipinski definition) is 2. The van der Waals surface area contributed by atoms with Gasteiger partial charge in [0.25, 0.3) is 0 Å². The van der Waals surface area contributed by atoms with Crippen LogP contribution in [0.3, 0.4) is 0 Å². The first-order valence-corrected chi connectivity index (χ1v) is 8.33. The highest BCUT2D eigenvalue weighted by Gasteiger charge is 2.24. The molecule has 2 rings (SSSR count). The summed E-state index contributed by atoms with van der Waals surface area (Å²) in [6.07, 6.45) is 2.50. The zero-order chi connectivity index (χ0) is 16.1. The van der Waals surface area contributed by atoms with E-state index in [1.54, 1.807) is 0 Å². The summed E-state index contributed by atoms with van der Waals surface area (Å²) in [7, 11) is 0. The highest BCUT2D eigenvalue weighted by atomic mass is 127. The van der Waals surface area contributed by atoms with Crippen molar-refractivity contribution in [2.75, 3.05) is 25.0 Å². The first kappa shape index (κ1) is 20.2. The van der Waals surface area contributed by atoms with Gasteiger partial charge in [-0.2, -0.15) is 0 Å². The van der Waals surface area contributed by atoms with Crippen LogP contribution >= 0.6 is 24.0 Å². The van der Waals surface area contributed by atoms with Gasteiger partial charge in [0.15, 0.2) is 5.96 Å². The van der Waals surface area contributed by atoms with Crippen molar-refractivity contribution in [3.05, 3.63) is 29.3 Å². The molecule has 1 fully saturated rings. The zero-order valence-corrected chi connectivity index (χ0v) is 17.1. The maximum atomic E-state index is 6.05. The predicted molar refractivity (Wildman–Crippen MR) is 111 cm³/mol. The molecule has 0 spiro atoms. The van der Waals surface area contributed by atoms with Gasteiger partial charge in [-0.3, -0.25) is 9.89 Å². The van der Waals surface area contributed by atoms with Gasteiger partial charge in [-0.25, -0.2) is 0 Å². The van der Waals surface area contributed by atoms with Crippen LogP contribution in [0.5, 0.6) is 0 Å². The number of guanidine groups is 1. The lowest BCUT2D eigenvalue weighted by molar-refractivity contribution is 0.231. The smallest absolute Gasteiger partial charge is 0.193 e. The molecule has 0 bridgehead atoms. The summed E-state index contributed by atoms with van der Waals surface area (Å²) < 4.78 is 0. The van der Waals surface area contributed by atoms with E-state index in [0.29, 0.717) is 17.9 Å². The number of benzene rings is 1. The van der Waals surface area contributed by atoms with Gasteiger partial charge in [0.2, 0.25) is 0 Å². The number of nitrogens with zero attached hydrogens (tertiary/aromatic N) is 2. The van der Waals surface area contributed by atoms with Gasteiger partial charge in [0.1, 0.15) is 0 Å². The standard InChI is InChI=1S/C18H30N4.HI/c1-13(2)12-22-7-5-6-17(22)11-20-18(19)21-16-9-14(3)8-15(4)10-16;/h8-10,13,17H,5-7,11-12H2,1-4H3,(H3,19,20,21);1H/t17-;/m1./s1. The highest BCUT2D eigenvalue weighted by Crippen LogP contribution is 2.19. The normalized spacial score (nSPS) is 19.0. The average molecular weight is 430 g/mol. The molecule has 0 unspecified atom stereocenters. The molecule has 23 heavy (non-hydrogen) atoms. The third kappa shape index (κ3) is 6.67. The molecule has 0 saturated carbocycles. The molecule has 1 atom stereocenters. The van der Waals surface area contributed by atoms with E-state index in [4.69, 9.17) is 5.73 Å². The average Bonchev–Trinajstić information content (AvgIpc) is 2.81. The summed E-state index contributed by atoms with van der Waals surface area (Å²) in [5, 5.41) is 3.21. The van der Waals surface area contributed by atoms with Crippen LogP contribution in [0.25, 0.3) is 0 Å². The molecule has 0 radical (unpaired) electrons. The fourth-order valence-electron chi connectivity index (χ4n) is 3.25. The minimum Gasteiger partial charge on any atom is -0.370 e. The van der Waals surface area contributed by atoms with Crippen molar-refractivity contribution >= 4 is 35.6 Å². The molecule has 0 aromatic heterocycles. The van der Waals surface area contributed by atoms with Crippen LogP contribution in [0, 0.1) is 19.8 Å². The second-order valence-electron chi connectivity index (χ2n) is 6.91. The number of hydrogen-bond donors (Lipinski definition) is 2. The Kier molecular flexibility index (Phi) is 8.33. The SMILES string of the molecule is Cc1cc(C)cc(NC(N)=NC[C@H]2CCCN2CC(C)C)c1.I. The van der Waals surface area contributed by atoms with Crippen LogP contribution in [0.1, 0.15) is 37.8 Å². The van der Waals surface area contributed by atoms with Crippen molar-refractivity contribution in [3.63, 3.8) is 0 Å². The molecule has 1 heterocycles. The van der Waals surface area contributed by atoms with E-state index in [0.717, 1.165) is 18.8 Å². The van der Waals surface area contributed by atoms with Crippen LogP contribution in [0.4, 0.5) is 5.69 Å². The maximum absolute atomic E-state index is 6.05. The molecule has 0 amide bonds. The Morgan fingerprint density at radius 1 is 1.30 bits per heavy atom. The Morgan fingerprint density at radius 3 is 2.57 bits per heavy atom. The molecular formula is C18H31IN4. The van der Waals surface area contributed by atoms with Gasteiger partial charge in [0.05, 0.1) is 6.54 Å². The summed E-state index contributed by atoms with van der Waals surface area (Å²) in [5.74, 6) is 1.22. The minimum absolute atomic E-state index is 0. The van der Waals surface area contributed by atoms with E-state index >= 15 is 0 Å². The van der Waals surface area contributed by atoms with Gasteiger partial charge in [0, 0.05) is 18.3 Å². The monoisotopic (exact) mass is 430 g/mol. The number of halogens is 1. The Balaban J connectivity index is 0.00000264. The van der Waals surface area contributed by atoms with Gasteiger partial charge >= 0.3 is 0 Å². The molecule has 1 aromatic carbocycles. The largest absolute Gasteiger partial charge is 0.370 e. The first-order chi connectivity index (χ1) is 10.4. The molecule has 4 nitrogen and oxygen atoms in total. The molecular weight excluding hydrogens is 399 g/mol. The van der Waals surface area contributed by atoms with Crippen LogP contribution < -0.4 is 11.1 Å². The van der Waals surface area contributed by atoms with E-state index in [9.17, 15) is 0 Å². The fourth-order valence-corrected chi connectivity index (χ4v) is 3.25. The first-order valence-electron chi connectivity index (χ1n) is 8.33.